The maximum atomic E-state index is 7.92. The zero-order chi connectivity index (χ0) is 8.36. The van der Waals surface area contributed by atoms with Gasteiger partial charge in [-0.3, -0.25) is 0 Å². The second-order valence-electron chi connectivity index (χ2n) is 1.10. The molecule has 2 heteroatoms. The molecule has 0 rings (SSSR count). The van der Waals surface area contributed by atoms with E-state index >= 15 is 0 Å². The van der Waals surface area contributed by atoms with Gasteiger partial charge in [0, 0.05) is 17.8 Å². The van der Waals surface area contributed by atoms with Gasteiger partial charge in [0.1, 0.15) is 5.92 Å². The highest BCUT2D eigenvalue weighted by molar-refractivity contribution is 5.39. The number of hydrogen-bond acceptors (Lipinski definition) is 2. The number of rotatable bonds is 0. The second-order valence-corrected chi connectivity index (χ2v) is 1.10. The molecule has 0 heterocycles. The molecule has 0 aromatic carbocycles. The first kappa shape index (κ1) is 8.53. The van der Waals surface area contributed by atoms with Crippen LogP contribution in [0.1, 0.15) is 0 Å². The van der Waals surface area contributed by atoms with E-state index in [-0.39, 0.29) is 0 Å². The largest absolute Gasteiger partial charge is 0.349 e. The predicted octanol–water partition coefficient (Wildman–Crippen LogP) is 0.125. The van der Waals surface area contributed by atoms with Crippen molar-refractivity contribution >= 4 is 0 Å². The van der Waals surface area contributed by atoms with E-state index in [0.717, 1.165) is 0 Å². The standard InChI is InChI=1S/C9N2/c10-8-6-4-2-1-3-5-7-9-11/q+1. The SMILES string of the molecule is N#CC#CC#CC#C[C+]C#N. The van der Waals surface area contributed by atoms with Crippen LogP contribution >= 0.6 is 0 Å². The number of nitrogens with zero attached hydrogens (tertiary/aromatic N) is 2. The van der Waals surface area contributed by atoms with Gasteiger partial charge in [-0.2, -0.15) is 10.5 Å². The van der Waals surface area contributed by atoms with Gasteiger partial charge in [-0.05, 0) is 0 Å². The zero-order valence-electron chi connectivity index (χ0n) is 5.39. The minimum atomic E-state index is 1.59. The molecule has 11 heavy (non-hydrogen) atoms. The first-order valence-electron chi connectivity index (χ1n) is 2.45. The normalized spacial score (nSPS) is 3.82. The second kappa shape index (κ2) is 7.53. The van der Waals surface area contributed by atoms with Crippen LogP contribution in [0.25, 0.3) is 0 Å². The summed E-state index contributed by atoms with van der Waals surface area (Å²) in [5, 5.41) is 15.8. The molecule has 0 aliphatic heterocycles. The van der Waals surface area contributed by atoms with Gasteiger partial charge in [0.2, 0.25) is 17.9 Å². The van der Waals surface area contributed by atoms with Gasteiger partial charge >= 0.3 is 6.42 Å². The van der Waals surface area contributed by atoms with Crippen LogP contribution in [-0.4, -0.2) is 0 Å². The molecule has 0 bridgehead atoms. The first-order valence-corrected chi connectivity index (χ1v) is 2.45. The maximum absolute atomic E-state index is 7.92. The fraction of sp³-hybridized carbons (Fsp3) is 0. The average Bonchev–Trinajstić information content (AvgIpc) is 2.03. The monoisotopic (exact) mass is 136 g/mol. The van der Waals surface area contributed by atoms with E-state index in [1.54, 1.807) is 12.1 Å². The van der Waals surface area contributed by atoms with Crippen LogP contribution in [0.4, 0.5) is 0 Å². The lowest BCUT2D eigenvalue weighted by atomic mass is 10.4. The summed E-state index contributed by atoms with van der Waals surface area (Å²) in [5.41, 5.74) is 0. The smallest absolute Gasteiger partial charge is 0.183 e. The van der Waals surface area contributed by atoms with Gasteiger partial charge in [0.05, 0.1) is 0 Å². The molecule has 0 amide bonds. The lowest BCUT2D eigenvalue weighted by Crippen LogP contribution is -1.57. The molecule has 0 saturated carbocycles. The lowest BCUT2D eigenvalue weighted by molar-refractivity contribution is 1.52. The Kier molecular flexibility index (Phi) is 5.84. The molecular weight excluding hydrogens is 136 g/mol. The Labute approximate surface area is 65.4 Å². The van der Waals surface area contributed by atoms with E-state index < -0.39 is 0 Å². The molecule has 0 fully saturated rings. The molecule has 0 atom stereocenters. The Morgan fingerprint density at radius 1 is 0.818 bits per heavy atom. The van der Waals surface area contributed by atoms with E-state index in [0.29, 0.717) is 0 Å². The number of nitriles is 2. The van der Waals surface area contributed by atoms with E-state index in [1.165, 1.54) is 0 Å². The van der Waals surface area contributed by atoms with Gasteiger partial charge in [-0.1, -0.05) is 0 Å². The van der Waals surface area contributed by atoms with Gasteiger partial charge in [0.25, 0.3) is 0 Å². The molecule has 1 radical (unpaired) electrons. The Hall–Kier alpha value is -2.47. The zero-order valence-corrected chi connectivity index (χ0v) is 5.39. The van der Waals surface area contributed by atoms with E-state index in [9.17, 15) is 0 Å². The molecular formula is C9N2+. The van der Waals surface area contributed by atoms with Crippen LogP contribution in [0.3, 0.4) is 0 Å². The van der Waals surface area contributed by atoms with Crippen molar-refractivity contribution in [2.75, 3.05) is 0 Å². The molecule has 0 saturated heterocycles. The Bertz CT molecular complexity index is 371. The highest BCUT2D eigenvalue weighted by atomic mass is 14.2. The Morgan fingerprint density at radius 3 is 2.09 bits per heavy atom. The van der Waals surface area contributed by atoms with Crippen LogP contribution in [0.2, 0.25) is 0 Å². The predicted molar refractivity (Wildman–Crippen MR) is 37.8 cm³/mol. The maximum Gasteiger partial charge on any atom is 0.349 e. The van der Waals surface area contributed by atoms with Crippen LogP contribution < -0.4 is 0 Å². The summed E-state index contributed by atoms with van der Waals surface area (Å²) < 4.78 is 0. The third kappa shape index (κ3) is 7.53. The highest BCUT2D eigenvalue weighted by Gasteiger charge is 1.84. The van der Waals surface area contributed by atoms with Crippen LogP contribution in [0.5, 0.6) is 0 Å². The minimum Gasteiger partial charge on any atom is -0.183 e. The van der Waals surface area contributed by atoms with Crippen molar-refractivity contribution in [1.82, 2.24) is 0 Å². The molecule has 0 N–H and O–H groups in total. The molecule has 0 aromatic heterocycles. The topological polar surface area (TPSA) is 47.6 Å². The summed E-state index contributed by atoms with van der Waals surface area (Å²) in [4.78, 5) is 0. The summed E-state index contributed by atoms with van der Waals surface area (Å²) in [7, 11) is 0. The van der Waals surface area contributed by atoms with E-state index in [2.05, 4.69) is 41.9 Å². The van der Waals surface area contributed by atoms with Gasteiger partial charge in [-0.25, -0.2) is 0 Å². The van der Waals surface area contributed by atoms with Gasteiger partial charge in [0.15, 0.2) is 6.07 Å². The summed E-state index contributed by atoms with van der Waals surface area (Å²) in [6, 6.07) is 3.18. The number of hydrogen-bond donors (Lipinski definition) is 0. The van der Waals surface area contributed by atoms with Gasteiger partial charge < -0.3 is 0 Å². The fourth-order valence-corrected chi connectivity index (χ4v) is 0.212. The summed E-state index contributed by atoms with van der Waals surface area (Å²) in [6.07, 6.45) is 2.07. The quantitative estimate of drug-likeness (QED) is 0.351. The van der Waals surface area contributed by atoms with Crippen molar-refractivity contribution in [2.24, 2.45) is 0 Å². The third-order valence-electron chi connectivity index (χ3n) is 0.487. The van der Waals surface area contributed by atoms with Crippen molar-refractivity contribution in [3.05, 3.63) is 6.42 Å². The van der Waals surface area contributed by atoms with Crippen LogP contribution in [0.15, 0.2) is 0 Å². The summed E-state index contributed by atoms with van der Waals surface area (Å²) >= 11 is 0. The van der Waals surface area contributed by atoms with E-state index in [1.807, 2.05) is 0 Å². The molecule has 0 unspecified atom stereocenters. The lowest BCUT2D eigenvalue weighted by Gasteiger charge is -1.44. The highest BCUT2D eigenvalue weighted by Crippen LogP contribution is 1.63. The molecule has 45 valence electrons. The van der Waals surface area contributed by atoms with Crippen LogP contribution in [-0.2, 0) is 0 Å². The van der Waals surface area contributed by atoms with Crippen molar-refractivity contribution in [3.63, 3.8) is 0 Å². The average molecular weight is 136 g/mol. The summed E-state index contributed by atoms with van der Waals surface area (Å²) in [6.45, 7) is 0. The van der Waals surface area contributed by atoms with Crippen molar-refractivity contribution in [3.8, 4) is 47.7 Å². The van der Waals surface area contributed by atoms with Crippen molar-refractivity contribution in [1.29, 1.82) is 10.5 Å². The summed E-state index contributed by atoms with van der Waals surface area (Å²) in [5.74, 6) is 13.4. The van der Waals surface area contributed by atoms with Crippen LogP contribution in [0, 0.1) is 64.6 Å². The van der Waals surface area contributed by atoms with Gasteiger partial charge in [-0.15, -0.1) is 0 Å². The Morgan fingerprint density at radius 2 is 1.45 bits per heavy atom. The minimum absolute atomic E-state index is 1.59. The Balaban J connectivity index is 3.89. The van der Waals surface area contributed by atoms with Crippen molar-refractivity contribution < 1.29 is 0 Å². The van der Waals surface area contributed by atoms with Crippen molar-refractivity contribution in [2.45, 2.75) is 0 Å². The molecule has 2 nitrogen and oxygen atoms in total. The molecule has 0 spiro atoms. The molecule has 0 aliphatic rings. The first-order chi connectivity index (χ1) is 5.41. The fourth-order valence-electron chi connectivity index (χ4n) is 0.212. The van der Waals surface area contributed by atoms with E-state index in [4.69, 9.17) is 10.5 Å². The molecule has 0 aromatic rings. The molecule has 0 aliphatic carbocycles. The third-order valence-corrected chi connectivity index (χ3v) is 0.487.